The Morgan fingerprint density at radius 2 is 2.06 bits per heavy atom. The fourth-order valence-electron chi connectivity index (χ4n) is 1.94. The molecule has 84 valence electrons. The average Bonchev–Trinajstić information content (AvgIpc) is 2.30. The first-order valence-electron chi connectivity index (χ1n) is 5.23. The molecule has 0 N–H and O–H groups in total. The van der Waals surface area contributed by atoms with Crippen molar-refractivity contribution in [2.45, 2.75) is 6.92 Å². The highest BCUT2D eigenvalue weighted by Crippen LogP contribution is 2.17. The van der Waals surface area contributed by atoms with Crippen molar-refractivity contribution in [2.24, 2.45) is 0 Å². The van der Waals surface area contributed by atoms with Crippen LogP contribution in [0.15, 0.2) is 41.3 Å². The summed E-state index contributed by atoms with van der Waals surface area (Å²) in [5.74, 6) is 0. The first-order chi connectivity index (χ1) is 8.15. The molecule has 0 bridgehead atoms. The Labute approximate surface area is 102 Å². The summed E-state index contributed by atoms with van der Waals surface area (Å²) in [7, 11) is 0. The number of halogens is 1. The van der Waals surface area contributed by atoms with E-state index in [1.54, 1.807) is 12.1 Å². The number of benzene rings is 1. The molecule has 0 unspecified atom stereocenters. The number of aryl methyl sites for hydroxylation is 1. The van der Waals surface area contributed by atoms with Crippen LogP contribution in [0.5, 0.6) is 0 Å². The number of rotatable bonds is 0. The van der Waals surface area contributed by atoms with Gasteiger partial charge in [-0.3, -0.25) is 4.79 Å². The molecule has 3 nitrogen and oxygen atoms in total. The smallest absolute Gasteiger partial charge is 0.281 e. The molecule has 0 aliphatic carbocycles. The van der Waals surface area contributed by atoms with Crippen molar-refractivity contribution in [1.29, 1.82) is 0 Å². The highest BCUT2D eigenvalue weighted by atomic mass is 35.5. The SMILES string of the molecule is Cc1ccc2nc(=O)c3cc(Cl)ccc3n2c1. The van der Waals surface area contributed by atoms with Crippen LogP contribution in [0.3, 0.4) is 0 Å². The second-order valence-electron chi connectivity index (χ2n) is 4.01. The Morgan fingerprint density at radius 1 is 1.24 bits per heavy atom. The molecule has 1 aromatic carbocycles. The van der Waals surface area contributed by atoms with Gasteiger partial charge in [0.2, 0.25) is 0 Å². The summed E-state index contributed by atoms with van der Waals surface area (Å²) >= 11 is 5.90. The van der Waals surface area contributed by atoms with Crippen LogP contribution in [0, 0.1) is 6.92 Å². The molecule has 0 radical (unpaired) electrons. The van der Waals surface area contributed by atoms with Crippen LogP contribution in [0.1, 0.15) is 5.56 Å². The molecule has 4 heteroatoms. The molecule has 0 aliphatic rings. The van der Waals surface area contributed by atoms with Crippen molar-refractivity contribution in [3.05, 3.63) is 57.5 Å². The van der Waals surface area contributed by atoms with Gasteiger partial charge in [-0.1, -0.05) is 17.7 Å². The molecule has 0 saturated heterocycles. The van der Waals surface area contributed by atoms with Crippen molar-refractivity contribution >= 4 is 28.2 Å². The number of hydrogen-bond acceptors (Lipinski definition) is 2. The maximum atomic E-state index is 11.8. The Kier molecular flexibility index (Phi) is 2.16. The van der Waals surface area contributed by atoms with E-state index in [1.165, 1.54) is 0 Å². The molecule has 3 aromatic rings. The van der Waals surface area contributed by atoms with Crippen LogP contribution in [0.4, 0.5) is 0 Å². The zero-order valence-electron chi connectivity index (χ0n) is 9.14. The van der Waals surface area contributed by atoms with Gasteiger partial charge in [-0.2, -0.15) is 4.98 Å². The lowest BCUT2D eigenvalue weighted by Crippen LogP contribution is -2.10. The summed E-state index contributed by atoms with van der Waals surface area (Å²) < 4.78 is 1.91. The van der Waals surface area contributed by atoms with Crippen LogP contribution in [0.25, 0.3) is 16.6 Å². The molecular weight excluding hydrogens is 236 g/mol. The van der Waals surface area contributed by atoms with E-state index in [2.05, 4.69) is 4.98 Å². The summed E-state index contributed by atoms with van der Waals surface area (Å²) in [6, 6.07) is 9.04. The van der Waals surface area contributed by atoms with E-state index in [1.807, 2.05) is 35.7 Å². The number of nitrogens with zero attached hydrogens (tertiary/aromatic N) is 2. The maximum absolute atomic E-state index is 11.8. The van der Waals surface area contributed by atoms with Gasteiger partial charge in [0, 0.05) is 11.2 Å². The molecule has 0 spiro atoms. The molecule has 0 fully saturated rings. The normalized spacial score (nSPS) is 11.2. The lowest BCUT2D eigenvalue weighted by molar-refractivity contribution is 1.12. The molecule has 2 aromatic heterocycles. The number of hydrogen-bond donors (Lipinski definition) is 0. The third-order valence-corrected chi connectivity index (χ3v) is 2.97. The maximum Gasteiger partial charge on any atom is 0.281 e. The summed E-state index contributed by atoms with van der Waals surface area (Å²) in [5.41, 5.74) is 2.34. The van der Waals surface area contributed by atoms with E-state index in [0.29, 0.717) is 16.1 Å². The highest BCUT2D eigenvalue weighted by Gasteiger charge is 2.05. The van der Waals surface area contributed by atoms with Crippen molar-refractivity contribution in [3.63, 3.8) is 0 Å². The number of fused-ring (bicyclic) bond motifs is 3. The third kappa shape index (κ3) is 1.59. The monoisotopic (exact) mass is 244 g/mol. The fraction of sp³-hybridized carbons (Fsp3) is 0.0769. The Hall–Kier alpha value is -1.87. The number of pyridine rings is 1. The predicted molar refractivity (Wildman–Crippen MR) is 68.7 cm³/mol. The van der Waals surface area contributed by atoms with Crippen molar-refractivity contribution in [2.75, 3.05) is 0 Å². The summed E-state index contributed by atoms with van der Waals surface area (Å²) in [5, 5.41) is 1.09. The molecule has 0 aliphatic heterocycles. The first-order valence-corrected chi connectivity index (χ1v) is 5.61. The lowest BCUT2D eigenvalue weighted by atomic mass is 10.2. The van der Waals surface area contributed by atoms with Crippen LogP contribution < -0.4 is 5.56 Å². The van der Waals surface area contributed by atoms with E-state index >= 15 is 0 Å². The summed E-state index contributed by atoms with van der Waals surface area (Å²) in [4.78, 5) is 15.9. The van der Waals surface area contributed by atoms with Crippen molar-refractivity contribution in [1.82, 2.24) is 9.38 Å². The van der Waals surface area contributed by atoms with Gasteiger partial charge < -0.3 is 4.40 Å². The number of aromatic nitrogens is 2. The van der Waals surface area contributed by atoms with Crippen molar-refractivity contribution in [3.8, 4) is 0 Å². The zero-order valence-corrected chi connectivity index (χ0v) is 9.90. The lowest BCUT2D eigenvalue weighted by Gasteiger charge is -2.06. The van der Waals surface area contributed by atoms with Crippen molar-refractivity contribution < 1.29 is 0 Å². The molecule has 0 amide bonds. The Morgan fingerprint density at radius 3 is 2.88 bits per heavy atom. The molecule has 2 heterocycles. The second-order valence-corrected chi connectivity index (χ2v) is 4.45. The van der Waals surface area contributed by atoms with Gasteiger partial charge in [-0.25, -0.2) is 0 Å². The van der Waals surface area contributed by atoms with E-state index in [0.717, 1.165) is 11.1 Å². The van der Waals surface area contributed by atoms with Gasteiger partial charge in [0.1, 0.15) is 5.65 Å². The van der Waals surface area contributed by atoms with E-state index in [4.69, 9.17) is 11.6 Å². The van der Waals surface area contributed by atoms with Crippen LogP contribution >= 0.6 is 11.6 Å². The van der Waals surface area contributed by atoms with E-state index in [9.17, 15) is 4.79 Å². The van der Waals surface area contributed by atoms with Gasteiger partial charge in [0.15, 0.2) is 0 Å². The van der Waals surface area contributed by atoms with Gasteiger partial charge in [0.25, 0.3) is 5.56 Å². The molecule has 3 rings (SSSR count). The van der Waals surface area contributed by atoms with Gasteiger partial charge in [-0.15, -0.1) is 0 Å². The van der Waals surface area contributed by atoms with Gasteiger partial charge in [0.05, 0.1) is 10.9 Å². The van der Waals surface area contributed by atoms with Gasteiger partial charge in [-0.05, 0) is 36.8 Å². The Bertz CT molecular complexity index is 792. The zero-order chi connectivity index (χ0) is 12.0. The summed E-state index contributed by atoms with van der Waals surface area (Å²) in [6.45, 7) is 2.00. The standard InChI is InChI=1S/C13H9ClN2O/c1-8-2-5-12-15-13(17)10-6-9(14)3-4-11(10)16(12)7-8/h2-7H,1H3. The fourth-order valence-corrected chi connectivity index (χ4v) is 2.11. The van der Waals surface area contributed by atoms with Crippen LogP contribution in [-0.4, -0.2) is 9.38 Å². The van der Waals surface area contributed by atoms with Gasteiger partial charge >= 0.3 is 0 Å². The summed E-state index contributed by atoms with van der Waals surface area (Å²) in [6.07, 6.45) is 1.96. The minimum atomic E-state index is -0.244. The average molecular weight is 245 g/mol. The first kappa shape index (κ1) is 10.3. The molecular formula is C13H9ClN2O. The van der Waals surface area contributed by atoms with Crippen LogP contribution in [0.2, 0.25) is 5.02 Å². The minimum absolute atomic E-state index is 0.244. The topological polar surface area (TPSA) is 34.4 Å². The quantitative estimate of drug-likeness (QED) is 0.570. The Balaban J connectivity index is 2.62. The largest absolute Gasteiger partial charge is 0.301 e. The van der Waals surface area contributed by atoms with E-state index < -0.39 is 0 Å². The molecule has 0 saturated carbocycles. The van der Waals surface area contributed by atoms with E-state index in [-0.39, 0.29) is 5.56 Å². The van der Waals surface area contributed by atoms with Crippen LogP contribution in [-0.2, 0) is 0 Å². The molecule has 0 atom stereocenters. The molecule has 17 heavy (non-hydrogen) atoms. The highest BCUT2D eigenvalue weighted by molar-refractivity contribution is 6.31. The second kappa shape index (κ2) is 3.57. The third-order valence-electron chi connectivity index (χ3n) is 2.74. The minimum Gasteiger partial charge on any atom is -0.301 e. The predicted octanol–water partition coefficient (Wildman–Crippen LogP) is 2.81.